The molecule has 2 heterocycles. The van der Waals surface area contributed by atoms with Crippen molar-refractivity contribution in [3.05, 3.63) is 215 Å². The lowest BCUT2D eigenvalue weighted by molar-refractivity contribution is 0.303. The summed E-state index contributed by atoms with van der Waals surface area (Å²) < 4.78 is 13.5. The van der Waals surface area contributed by atoms with Gasteiger partial charge in [0.05, 0.1) is 0 Å². The Hall–Kier alpha value is -7.62. The van der Waals surface area contributed by atoms with Crippen molar-refractivity contribution < 1.29 is 9.15 Å². The van der Waals surface area contributed by atoms with Gasteiger partial charge in [0, 0.05) is 66.3 Å². The number of anilines is 3. The van der Waals surface area contributed by atoms with Crippen molar-refractivity contribution in [3.63, 3.8) is 0 Å². The Morgan fingerprint density at radius 3 is 1.76 bits per heavy atom. The molecule has 67 heavy (non-hydrogen) atoms. The van der Waals surface area contributed by atoms with E-state index in [0.717, 1.165) is 39.5 Å². The van der Waals surface area contributed by atoms with Crippen LogP contribution in [0.4, 0.5) is 17.1 Å². The SMILES string of the molecule is CC1(C)c2cc(N(c3ccccc3)c3ccc4c(c3)C(C)(C)c3c5c(c6oc7ccccc7c6c3-4)-c3ccccc3C5(C)C)ccc2-c2c1cc(-c1ccccc1)c1c2-c2ccccc2OC1. The number of ether oxygens (including phenoxy) is 1. The molecule has 1 aliphatic heterocycles. The predicted molar refractivity (Wildman–Crippen MR) is 276 cm³/mol. The fourth-order valence-corrected chi connectivity index (χ4v) is 13.0. The van der Waals surface area contributed by atoms with Gasteiger partial charge in [-0.1, -0.05) is 163 Å². The lowest BCUT2D eigenvalue weighted by atomic mass is 9.72. The number of fused-ring (bicyclic) bond motifs is 19. The molecule has 0 fully saturated rings. The largest absolute Gasteiger partial charge is 0.488 e. The maximum absolute atomic E-state index is 6.97. The number of benzene rings is 9. The van der Waals surface area contributed by atoms with E-state index in [1.807, 2.05) is 0 Å². The van der Waals surface area contributed by atoms with Crippen molar-refractivity contribution in [1.29, 1.82) is 0 Å². The molecule has 0 atom stereocenters. The third-order valence-corrected chi connectivity index (χ3v) is 16.1. The molecule has 0 saturated carbocycles. The van der Waals surface area contributed by atoms with Crippen LogP contribution in [0.25, 0.3) is 77.6 Å². The molecule has 10 aromatic rings. The van der Waals surface area contributed by atoms with Crippen molar-refractivity contribution in [2.24, 2.45) is 0 Å². The summed E-state index contributed by atoms with van der Waals surface area (Å²) in [6, 6.07) is 64.9. The first-order valence-electron chi connectivity index (χ1n) is 23.8. The third kappa shape index (κ3) is 5.01. The molecule has 0 unspecified atom stereocenters. The van der Waals surface area contributed by atoms with Gasteiger partial charge < -0.3 is 14.1 Å². The zero-order valence-corrected chi connectivity index (χ0v) is 38.7. The molecule has 322 valence electrons. The second-order valence-electron chi connectivity index (χ2n) is 20.7. The van der Waals surface area contributed by atoms with Gasteiger partial charge in [0.2, 0.25) is 0 Å². The van der Waals surface area contributed by atoms with Gasteiger partial charge in [-0.15, -0.1) is 0 Å². The summed E-state index contributed by atoms with van der Waals surface area (Å²) in [4.78, 5) is 2.47. The molecule has 3 aliphatic carbocycles. The number of nitrogens with zero attached hydrogens (tertiary/aromatic N) is 1. The highest BCUT2D eigenvalue weighted by molar-refractivity contribution is 6.21. The number of hydrogen-bond acceptors (Lipinski definition) is 3. The van der Waals surface area contributed by atoms with E-state index in [0.29, 0.717) is 6.61 Å². The first-order valence-corrected chi connectivity index (χ1v) is 23.8. The highest BCUT2D eigenvalue weighted by atomic mass is 16.5. The van der Waals surface area contributed by atoms with Gasteiger partial charge in [-0.3, -0.25) is 0 Å². The Labute approximate surface area is 391 Å². The van der Waals surface area contributed by atoms with Gasteiger partial charge in [-0.25, -0.2) is 0 Å². The minimum atomic E-state index is -0.309. The Balaban J connectivity index is 0.976. The van der Waals surface area contributed by atoms with Gasteiger partial charge in [0.15, 0.2) is 0 Å². The lowest BCUT2D eigenvalue weighted by Crippen LogP contribution is -2.24. The smallest absolute Gasteiger partial charge is 0.144 e. The first-order chi connectivity index (χ1) is 32.5. The minimum absolute atomic E-state index is 0.216. The molecule has 9 aromatic carbocycles. The predicted octanol–water partition coefficient (Wildman–Crippen LogP) is 17.2. The molecule has 3 heteroatoms. The summed E-state index contributed by atoms with van der Waals surface area (Å²) in [5, 5.41) is 2.40. The summed E-state index contributed by atoms with van der Waals surface area (Å²) in [5.41, 5.74) is 26.7. The highest BCUT2D eigenvalue weighted by Crippen LogP contribution is 2.64. The number of furan rings is 1. The quantitative estimate of drug-likeness (QED) is 0.176. The summed E-state index contributed by atoms with van der Waals surface area (Å²) >= 11 is 0. The molecule has 0 spiro atoms. The van der Waals surface area contributed by atoms with Crippen LogP contribution in [-0.2, 0) is 22.9 Å². The molecular formula is C64H49NO2. The van der Waals surface area contributed by atoms with Crippen LogP contribution < -0.4 is 9.64 Å². The maximum atomic E-state index is 6.97. The molecule has 0 bridgehead atoms. The van der Waals surface area contributed by atoms with E-state index in [-0.39, 0.29) is 16.2 Å². The second-order valence-corrected chi connectivity index (χ2v) is 20.7. The summed E-state index contributed by atoms with van der Waals surface area (Å²) in [7, 11) is 0. The molecule has 0 saturated heterocycles. The Morgan fingerprint density at radius 2 is 1.00 bits per heavy atom. The number of hydrogen-bond donors (Lipinski definition) is 0. The highest BCUT2D eigenvalue weighted by Gasteiger charge is 2.49. The van der Waals surface area contributed by atoms with Crippen LogP contribution in [0.2, 0.25) is 0 Å². The summed E-state index contributed by atoms with van der Waals surface area (Å²) in [6.07, 6.45) is 0. The fraction of sp³-hybridized carbons (Fsp3) is 0.156. The van der Waals surface area contributed by atoms with E-state index in [4.69, 9.17) is 9.15 Å². The van der Waals surface area contributed by atoms with E-state index in [1.165, 1.54) is 99.8 Å². The summed E-state index contributed by atoms with van der Waals surface area (Å²) in [5.74, 6) is 0.946. The first kappa shape index (κ1) is 38.6. The standard InChI is InChI=1S/C64H49NO2/c1-62(2)49-33-39(29-31-42(49)55-51(62)35-46(37-19-9-7-10-20-37)47-36-66-52-27-17-14-24-44(52)54(47)55)65(38-21-11-8-12-22-38)40-30-32-43-50(34-40)64(5,6)59-56(43)57-45-25-15-18-28-53(45)67-61(57)58-41-23-13-16-26-48(41)63(3,4)60(58)59/h7-35H,36H2,1-6H3. The van der Waals surface area contributed by atoms with Crippen LogP contribution in [-0.4, -0.2) is 0 Å². The molecule has 3 nitrogen and oxygen atoms in total. The van der Waals surface area contributed by atoms with Crippen LogP contribution in [0, 0.1) is 0 Å². The average molecular weight is 864 g/mol. The van der Waals surface area contributed by atoms with E-state index < -0.39 is 0 Å². The normalized spacial score (nSPS) is 15.7. The molecule has 0 radical (unpaired) electrons. The monoisotopic (exact) mass is 863 g/mol. The van der Waals surface area contributed by atoms with Gasteiger partial charge in [-0.05, 0) is 127 Å². The Morgan fingerprint density at radius 1 is 0.418 bits per heavy atom. The van der Waals surface area contributed by atoms with E-state index in [2.05, 4.69) is 222 Å². The third-order valence-electron chi connectivity index (χ3n) is 16.1. The van der Waals surface area contributed by atoms with Gasteiger partial charge in [0.25, 0.3) is 0 Å². The lowest BCUT2D eigenvalue weighted by Gasteiger charge is -2.32. The molecule has 0 amide bonds. The Kier molecular flexibility index (Phi) is 7.65. The van der Waals surface area contributed by atoms with Crippen LogP contribution in [0.5, 0.6) is 5.75 Å². The van der Waals surface area contributed by atoms with Crippen molar-refractivity contribution in [1.82, 2.24) is 0 Å². The van der Waals surface area contributed by atoms with Crippen molar-refractivity contribution in [2.45, 2.75) is 64.4 Å². The molecule has 14 rings (SSSR count). The van der Waals surface area contributed by atoms with E-state index in [1.54, 1.807) is 0 Å². The van der Waals surface area contributed by atoms with Crippen molar-refractivity contribution in [2.75, 3.05) is 4.90 Å². The zero-order chi connectivity index (χ0) is 45.1. The number of rotatable bonds is 4. The zero-order valence-electron chi connectivity index (χ0n) is 38.7. The average Bonchev–Trinajstić information content (AvgIpc) is 4.00. The van der Waals surface area contributed by atoms with Crippen LogP contribution in [0.3, 0.4) is 0 Å². The minimum Gasteiger partial charge on any atom is -0.488 e. The molecule has 4 aliphatic rings. The van der Waals surface area contributed by atoms with Crippen molar-refractivity contribution in [3.8, 4) is 61.4 Å². The van der Waals surface area contributed by atoms with Crippen LogP contribution in [0.1, 0.15) is 80.5 Å². The topological polar surface area (TPSA) is 25.6 Å². The summed E-state index contributed by atoms with van der Waals surface area (Å²) in [6.45, 7) is 15.1. The van der Waals surface area contributed by atoms with Gasteiger partial charge in [-0.2, -0.15) is 0 Å². The molecule has 1 aromatic heterocycles. The molecular weight excluding hydrogens is 815 g/mol. The number of para-hydroxylation sites is 3. The molecule has 0 N–H and O–H groups in total. The fourth-order valence-electron chi connectivity index (χ4n) is 13.0. The van der Waals surface area contributed by atoms with Crippen LogP contribution in [0.15, 0.2) is 180 Å². The second kappa shape index (κ2) is 13.3. The van der Waals surface area contributed by atoms with Crippen LogP contribution >= 0.6 is 0 Å². The van der Waals surface area contributed by atoms with Gasteiger partial charge in [0.1, 0.15) is 23.5 Å². The van der Waals surface area contributed by atoms with Crippen molar-refractivity contribution >= 4 is 39.0 Å². The van der Waals surface area contributed by atoms with Gasteiger partial charge >= 0.3 is 0 Å². The Bertz CT molecular complexity index is 3770. The maximum Gasteiger partial charge on any atom is 0.144 e. The van der Waals surface area contributed by atoms with E-state index in [9.17, 15) is 0 Å². The van der Waals surface area contributed by atoms with E-state index >= 15 is 0 Å².